The van der Waals surface area contributed by atoms with Crippen molar-refractivity contribution in [2.45, 2.75) is 66.2 Å². The molecule has 0 saturated heterocycles. The Bertz CT molecular complexity index is 357. The largest absolute Gasteiger partial charge is 0.372 e. The topological polar surface area (TPSA) is 3.24 Å². The van der Waals surface area contributed by atoms with Gasteiger partial charge in [-0.1, -0.05) is 52.2 Å². The zero-order valence-corrected chi connectivity index (χ0v) is 13.3. The molecule has 0 unspecified atom stereocenters. The fourth-order valence-electron chi connectivity index (χ4n) is 2.84. The maximum absolute atomic E-state index is 2.56. The van der Waals surface area contributed by atoms with E-state index in [0.717, 1.165) is 19.4 Å². The lowest BCUT2D eigenvalue weighted by atomic mass is 10.00. The average Bonchev–Trinajstić information content (AvgIpc) is 2.46. The highest BCUT2D eigenvalue weighted by Gasteiger charge is 2.11. The smallest absolute Gasteiger partial charge is 0.0401 e. The molecule has 0 saturated carbocycles. The molecule has 0 atom stereocenters. The second kappa shape index (κ2) is 9.01. The van der Waals surface area contributed by atoms with Crippen LogP contribution < -0.4 is 4.90 Å². The summed E-state index contributed by atoms with van der Waals surface area (Å²) in [5, 5.41) is 0. The lowest BCUT2D eigenvalue weighted by Gasteiger charge is -2.27. The maximum atomic E-state index is 2.56. The van der Waals surface area contributed by atoms with Crippen molar-refractivity contribution in [3.05, 3.63) is 29.3 Å². The Kier molecular flexibility index (Phi) is 7.62. The van der Waals surface area contributed by atoms with Crippen molar-refractivity contribution in [3.8, 4) is 0 Å². The van der Waals surface area contributed by atoms with Gasteiger partial charge in [0, 0.05) is 18.8 Å². The third-order valence-electron chi connectivity index (χ3n) is 3.99. The van der Waals surface area contributed by atoms with Gasteiger partial charge in [0.1, 0.15) is 0 Å². The molecule has 0 aliphatic rings. The molecule has 1 nitrogen and oxygen atoms in total. The van der Waals surface area contributed by atoms with Gasteiger partial charge in [0.15, 0.2) is 0 Å². The molecule has 0 aliphatic heterocycles. The Morgan fingerprint density at radius 3 is 2.26 bits per heavy atom. The molecular formula is C18H31N. The molecule has 0 amide bonds. The Morgan fingerprint density at radius 2 is 1.68 bits per heavy atom. The number of unbranched alkanes of at least 4 members (excludes halogenated alkanes) is 3. The van der Waals surface area contributed by atoms with E-state index < -0.39 is 0 Å². The van der Waals surface area contributed by atoms with Gasteiger partial charge in [-0.2, -0.15) is 0 Å². The zero-order chi connectivity index (χ0) is 14.1. The highest BCUT2D eigenvalue weighted by molar-refractivity contribution is 5.57. The van der Waals surface area contributed by atoms with Crippen LogP contribution >= 0.6 is 0 Å². The molecule has 0 radical (unpaired) electrons. The summed E-state index contributed by atoms with van der Waals surface area (Å²) in [5.41, 5.74) is 4.55. The van der Waals surface area contributed by atoms with Gasteiger partial charge >= 0.3 is 0 Å². The van der Waals surface area contributed by atoms with Gasteiger partial charge in [-0.05, 0) is 43.4 Å². The number of rotatable bonds is 9. The lowest BCUT2D eigenvalue weighted by Crippen LogP contribution is -2.25. The van der Waals surface area contributed by atoms with Gasteiger partial charge in [-0.25, -0.2) is 0 Å². The van der Waals surface area contributed by atoms with Crippen LogP contribution in [-0.2, 0) is 12.8 Å². The second-order valence-electron chi connectivity index (χ2n) is 5.26. The van der Waals surface area contributed by atoms with Crippen LogP contribution in [0.4, 0.5) is 5.69 Å². The van der Waals surface area contributed by atoms with Crippen LogP contribution in [0.3, 0.4) is 0 Å². The minimum atomic E-state index is 1.12. The molecule has 0 fully saturated rings. The minimum absolute atomic E-state index is 1.12. The van der Waals surface area contributed by atoms with Crippen molar-refractivity contribution < 1.29 is 0 Å². The van der Waals surface area contributed by atoms with Crippen LogP contribution in [0.1, 0.15) is 64.5 Å². The highest BCUT2D eigenvalue weighted by Crippen LogP contribution is 2.25. The van der Waals surface area contributed by atoms with E-state index >= 15 is 0 Å². The first-order valence-corrected chi connectivity index (χ1v) is 8.14. The van der Waals surface area contributed by atoms with Crippen LogP contribution in [0.2, 0.25) is 0 Å². The molecule has 19 heavy (non-hydrogen) atoms. The molecule has 1 aromatic carbocycles. The SMILES string of the molecule is CCCCCCN(CC)c1cccc(CC)c1CC. The summed E-state index contributed by atoms with van der Waals surface area (Å²) in [6.07, 6.45) is 7.66. The number of hydrogen-bond acceptors (Lipinski definition) is 1. The van der Waals surface area contributed by atoms with Crippen molar-refractivity contribution in [1.82, 2.24) is 0 Å². The lowest BCUT2D eigenvalue weighted by molar-refractivity contribution is 0.648. The van der Waals surface area contributed by atoms with Gasteiger partial charge < -0.3 is 4.90 Å². The summed E-state index contributed by atoms with van der Waals surface area (Å²) >= 11 is 0. The molecule has 108 valence electrons. The fourth-order valence-corrected chi connectivity index (χ4v) is 2.84. The van der Waals surface area contributed by atoms with E-state index in [2.05, 4.69) is 50.8 Å². The Hall–Kier alpha value is -0.980. The minimum Gasteiger partial charge on any atom is -0.372 e. The summed E-state index contributed by atoms with van der Waals surface area (Å²) in [6.45, 7) is 11.4. The quantitative estimate of drug-likeness (QED) is 0.551. The van der Waals surface area contributed by atoms with Crippen molar-refractivity contribution in [1.29, 1.82) is 0 Å². The van der Waals surface area contributed by atoms with Gasteiger partial charge in [-0.3, -0.25) is 0 Å². The predicted octanol–water partition coefficient (Wildman–Crippen LogP) is 5.22. The summed E-state index contributed by atoms with van der Waals surface area (Å²) in [7, 11) is 0. The maximum Gasteiger partial charge on any atom is 0.0401 e. The van der Waals surface area contributed by atoms with Gasteiger partial charge in [-0.15, -0.1) is 0 Å². The van der Waals surface area contributed by atoms with Crippen molar-refractivity contribution >= 4 is 5.69 Å². The fraction of sp³-hybridized carbons (Fsp3) is 0.667. The Labute approximate surface area is 120 Å². The van der Waals surface area contributed by atoms with E-state index in [1.807, 2.05) is 0 Å². The van der Waals surface area contributed by atoms with Crippen molar-refractivity contribution in [3.63, 3.8) is 0 Å². The van der Waals surface area contributed by atoms with Gasteiger partial charge in [0.2, 0.25) is 0 Å². The number of benzene rings is 1. The van der Waals surface area contributed by atoms with E-state index in [-0.39, 0.29) is 0 Å². The van der Waals surface area contributed by atoms with E-state index in [0.29, 0.717) is 0 Å². The predicted molar refractivity (Wildman–Crippen MR) is 87.2 cm³/mol. The first-order chi connectivity index (χ1) is 9.28. The number of hydrogen-bond donors (Lipinski definition) is 0. The molecule has 0 aliphatic carbocycles. The number of aryl methyl sites for hydroxylation is 1. The molecule has 0 bridgehead atoms. The molecule has 1 aromatic rings. The first-order valence-electron chi connectivity index (χ1n) is 8.14. The van der Waals surface area contributed by atoms with Crippen molar-refractivity contribution in [2.24, 2.45) is 0 Å². The van der Waals surface area contributed by atoms with Crippen LogP contribution in [-0.4, -0.2) is 13.1 Å². The van der Waals surface area contributed by atoms with E-state index in [1.54, 1.807) is 5.56 Å². The summed E-state index contributed by atoms with van der Waals surface area (Å²) in [5.74, 6) is 0. The van der Waals surface area contributed by atoms with Gasteiger partial charge in [0.05, 0.1) is 0 Å². The third-order valence-corrected chi connectivity index (χ3v) is 3.99. The normalized spacial score (nSPS) is 10.7. The number of anilines is 1. The van der Waals surface area contributed by atoms with E-state index in [4.69, 9.17) is 0 Å². The van der Waals surface area contributed by atoms with Crippen molar-refractivity contribution in [2.75, 3.05) is 18.0 Å². The standard InChI is InChI=1S/C18H31N/c1-5-9-10-11-15-19(8-4)18-14-12-13-16(6-2)17(18)7-3/h12-14H,5-11,15H2,1-4H3. The Balaban J connectivity index is 2.79. The first kappa shape index (κ1) is 16.1. The summed E-state index contributed by atoms with van der Waals surface area (Å²) in [4.78, 5) is 2.56. The highest BCUT2D eigenvalue weighted by atomic mass is 15.1. The van der Waals surface area contributed by atoms with Crippen LogP contribution in [0.15, 0.2) is 18.2 Å². The molecule has 1 rings (SSSR count). The average molecular weight is 261 g/mol. The molecule has 0 spiro atoms. The molecule has 0 heterocycles. The molecular weight excluding hydrogens is 230 g/mol. The van der Waals surface area contributed by atoms with Crippen LogP contribution in [0.5, 0.6) is 0 Å². The third kappa shape index (κ3) is 4.56. The van der Waals surface area contributed by atoms with Crippen LogP contribution in [0.25, 0.3) is 0 Å². The zero-order valence-electron chi connectivity index (χ0n) is 13.3. The number of nitrogens with zero attached hydrogens (tertiary/aromatic N) is 1. The van der Waals surface area contributed by atoms with E-state index in [9.17, 15) is 0 Å². The van der Waals surface area contributed by atoms with Crippen LogP contribution in [0, 0.1) is 0 Å². The monoisotopic (exact) mass is 261 g/mol. The summed E-state index contributed by atoms with van der Waals surface area (Å²) in [6, 6.07) is 6.82. The second-order valence-corrected chi connectivity index (χ2v) is 5.26. The molecule has 1 heteroatoms. The Morgan fingerprint density at radius 1 is 0.895 bits per heavy atom. The summed E-state index contributed by atoms with van der Waals surface area (Å²) < 4.78 is 0. The molecule has 0 N–H and O–H groups in total. The van der Waals surface area contributed by atoms with E-state index in [1.165, 1.54) is 43.5 Å². The van der Waals surface area contributed by atoms with Gasteiger partial charge in [0.25, 0.3) is 0 Å². The molecule has 0 aromatic heterocycles.